The fourth-order valence-corrected chi connectivity index (χ4v) is 3.84. The van der Waals surface area contributed by atoms with Gasteiger partial charge < -0.3 is 10.2 Å². The van der Waals surface area contributed by atoms with Crippen LogP contribution in [0.15, 0.2) is 24.3 Å². The average Bonchev–Trinajstić information content (AvgIpc) is 3.36. The van der Waals surface area contributed by atoms with E-state index in [9.17, 15) is 14.0 Å². The Bertz CT molecular complexity index is 659. The Morgan fingerprint density at radius 1 is 1.22 bits per heavy atom. The Balaban J connectivity index is 1.56. The minimum atomic E-state index is -0.710. The molecule has 1 aliphatic carbocycles. The van der Waals surface area contributed by atoms with Crippen molar-refractivity contribution in [3.8, 4) is 0 Å². The Kier molecular flexibility index (Phi) is 3.37. The monoisotopic (exact) mass is 317 g/mol. The number of nitrogens with zero attached hydrogens (tertiary/aromatic N) is 2. The third-order valence-electron chi connectivity index (χ3n) is 5.33. The second-order valence-corrected chi connectivity index (χ2v) is 6.66. The van der Waals surface area contributed by atoms with E-state index < -0.39 is 5.41 Å². The van der Waals surface area contributed by atoms with Crippen LogP contribution >= 0.6 is 0 Å². The molecule has 0 spiro atoms. The van der Waals surface area contributed by atoms with Gasteiger partial charge in [0.05, 0.1) is 5.41 Å². The molecular formula is C17H20FN3O2. The van der Waals surface area contributed by atoms with E-state index in [-0.39, 0.29) is 23.7 Å². The molecule has 0 bridgehead atoms. The lowest BCUT2D eigenvalue weighted by atomic mass is 9.93. The van der Waals surface area contributed by atoms with Crippen LogP contribution in [0.1, 0.15) is 18.4 Å². The fourth-order valence-electron chi connectivity index (χ4n) is 3.84. The van der Waals surface area contributed by atoms with Crippen molar-refractivity contribution in [3.63, 3.8) is 0 Å². The van der Waals surface area contributed by atoms with E-state index in [4.69, 9.17) is 0 Å². The van der Waals surface area contributed by atoms with E-state index in [0.29, 0.717) is 44.6 Å². The summed E-state index contributed by atoms with van der Waals surface area (Å²) in [6.45, 7) is 3.22. The van der Waals surface area contributed by atoms with Crippen molar-refractivity contribution in [3.05, 3.63) is 35.6 Å². The van der Waals surface area contributed by atoms with Crippen LogP contribution < -0.4 is 5.32 Å². The van der Waals surface area contributed by atoms with Crippen molar-refractivity contribution < 1.29 is 14.0 Å². The van der Waals surface area contributed by atoms with Gasteiger partial charge in [0.15, 0.2) is 0 Å². The fraction of sp³-hybridized carbons (Fsp3) is 0.529. The summed E-state index contributed by atoms with van der Waals surface area (Å²) in [4.78, 5) is 28.9. The molecule has 0 aromatic heterocycles. The highest BCUT2D eigenvalue weighted by Gasteiger charge is 2.55. The summed E-state index contributed by atoms with van der Waals surface area (Å²) in [5.41, 5.74) is -0.209. The maximum absolute atomic E-state index is 14.1. The zero-order chi connectivity index (χ0) is 16.0. The Morgan fingerprint density at radius 3 is 2.74 bits per heavy atom. The molecule has 1 aromatic carbocycles. The smallest absolute Gasteiger partial charge is 0.239 e. The topological polar surface area (TPSA) is 52.7 Å². The molecule has 2 heterocycles. The summed E-state index contributed by atoms with van der Waals surface area (Å²) in [5.74, 6) is -0.350. The predicted molar refractivity (Wildman–Crippen MR) is 82.3 cm³/mol. The zero-order valence-corrected chi connectivity index (χ0v) is 12.9. The second kappa shape index (κ2) is 5.30. The van der Waals surface area contributed by atoms with Gasteiger partial charge in [0.2, 0.25) is 11.8 Å². The molecule has 5 nitrogen and oxygen atoms in total. The van der Waals surface area contributed by atoms with Gasteiger partial charge in [0, 0.05) is 38.3 Å². The van der Waals surface area contributed by atoms with Crippen LogP contribution in [-0.4, -0.2) is 60.4 Å². The number of amides is 2. The van der Waals surface area contributed by atoms with Crippen LogP contribution in [0.4, 0.5) is 4.39 Å². The van der Waals surface area contributed by atoms with Crippen molar-refractivity contribution in [2.75, 3.05) is 32.7 Å². The van der Waals surface area contributed by atoms with Crippen molar-refractivity contribution in [1.82, 2.24) is 15.1 Å². The molecule has 122 valence electrons. The molecule has 6 heteroatoms. The summed E-state index contributed by atoms with van der Waals surface area (Å²) in [7, 11) is 0. The molecular weight excluding hydrogens is 297 g/mol. The highest BCUT2D eigenvalue weighted by molar-refractivity contribution is 5.92. The van der Waals surface area contributed by atoms with E-state index in [1.807, 2.05) is 0 Å². The van der Waals surface area contributed by atoms with E-state index in [1.165, 1.54) is 6.07 Å². The molecule has 2 aliphatic heterocycles. The molecule has 1 unspecified atom stereocenters. The van der Waals surface area contributed by atoms with Gasteiger partial charge in [-0.25, -0.2) is 4.39 Å². The maximum Gasteiger partial charge on any atom is 0.239 e. The van der Waals surface area contributed by atoms with Crippen LogP contribution in [0.3, 0.4) is 0 Å². The van der Waals surface area contributed by atoms with Gasteiger partial charge in [-0.05, 0) is 18.9 Å². The standard InChI is InChI=1S/C17H20FN3O2/c18-13-4-2-1-3-12(13)17(5-6-17)16(23)21-10-9-20-8-7-19-15(22)14(20)11-21/h1-4,14H,5-11H2,(H,19,22). The predicted octanol–water partition coefficient (Wildman–Crippen LogP) is 0.500. The van der Waals surface area contributed by atoms with Gasteiger partial charge >= 0.3 is 0 Å². The highest BCUT2D eigenvalue weighted by atomic mass is 19.1. The van der Waals surface area contributed by atoms with Gasteiger partial charge in [0.1, 0.15) is 11.9 Å². The Labute approximate surface area is 134 Å². The second-order valence-electron chi connectivity index (χ2n) is 6.66. The molecule has 4 rings (SSSR count). The molecule has 1 N–H and O–H groups in total. The molecule has 0 radical (unpaired) electrons. The Morgan fingerprint density at radius 2 is 2.00 bits per heavy atom. The Hall–Kier alpha value is -1.95. The van der Waals surface area contributed by atoms with Crippen LogP contribution in [-0.2, 0) is 15.0 Å². The van der Waals surface area contributed by atoms with Gasteiger partial charge in [-0.1, -0.05) is 18.2 Å². The van der Waals surface area contributed by atoms with Crippen molar-refractivity contribution in [2.45, 2.75) is 24.3 Å². The van der Waals surface area contributed by atoms with Gasteiger partial charge in [-0.15, -0.1) is 0 Å². The van der Waals surface area contributed by atoms with Crippen molar-refractivity contribution in [1.29, 1.82) is 0 Å². The first kappa shape index (κ1) is 14.6. The first-order valence-corrected chi connectivity index (χ1v) is 8.18. The summed E-state index contributed by atoms with van der Waals surface area (Å²) < 4.78 is 14.1. The van der Waals surface area contributed by atoms with Crippen LogP contribution in [0, 0.1) is 5.82 Å². The van der Waals surface area contributed by atoms with Crippen LogP contribution in [0.2, 0.25) is 0 Å². The minimum Gasteiger partial charge on any atom is -0.353 e. The summed E-state index contributed by atoms with van der Waals surface area (Å²) in [6.07, 6.45) is 1.37. The summed E-state index contributed by atoms with van der Waals surface area (Å²) >= 11 is 0. The number of fused-ring (bicyclic) bond motifs is 1. The molecule has 1 atom stereocenters. The average molecular weight is 317 g/mol. The number of nitrogens with one attached hydrogen (secondary N) is 1. The lowest BCUT2D eigenvalue weighted by Crippen LogP contribution is -2.65. The van der Waals surface area contributed by atoms with E-state index >= 15 is 0 Å². The SMILES string of the molecule is O=C1NCCN2CCN(C(=O)C3(c4ccccc4F)CC3)CC12. The lowest BCUT2D eigenvalue weighted by Gasteiger charge is -2.44. The first-order chi connectivity index (χ1) is 11.1. The molecule has 1 saturated carbocycles. The number of carbonyl (C=O) groups excluding carboxylic acids is 2. The van der Waals surface area contributed by atoms with E-state index in [0.717, 1.165) is 6.54 Å². The molecule has 23 heavy (non-hydrogen) atoms. The van der Waals surface area contributed by atoms with Crippen LogP contribution in [0.5, 0.6) is 0 Å². The summed E-state index contributed by atoms with van der Waals surface area (Å²) in [5, 5.41) is 2.86. The largest absolute Gasteiger partial charge is 0.353 e. The number of carbonyl (C=O) groups is 2. The maximum atomic E-state index is 14.1. The van der Waals surface area contributed by atoms with Crippen molar-refractivity contribution >= 4 is 11.8 Å². The number of rotatable bonds is 2. The highest BCUT2D eigenvalue weighted by Crippen LogP contribution is 2.50. The molecule has 3 fully saturated rings. The van der Waals surface area contributed by atoms with E-state index in [1.54, 1.807) is 23.1 Å². The number of benzene rings is 1. The first-order valence-electron chi connectivity index (χ1n) is 8.18. The molecule has 2 amide bonds. The number of piperazine rings is 2. The van der Waals surface area contributed by atoms with Gasteiger partial charge in [-0.3, -0.25) is 14.5 Å². The number of halogens is 1. The quantitative estimate of drug-likeness (QED) is 0.864. The zero-order valence-electron chi connectivity index (χ0n) is 12.9. The molecule has 2 saturated heterocycles. The van der Waals surface area contributed by atoms with E-state index in [2.05, 4.69) is 10.2 Å². The van der Waals surface area contributed by atoms with Crippen LogP contribution in [0.25, 0.3) is 0 Å². The molecule has 3 aliphatic rings. The summed E-state index contributed by atoms with van der Waals surface area (Å²) in [6, 6.07) is 6.28. The number of hydrogen-bond donors (Lipinski definition) is 1. The third kappa shape index (κ3) is 2.32. The normalized spacial score (nSPS) is 26.4. The lowest BCUT2D eigenvalue weighted by molar-refractivity contribution is -0.141. The number of hydrogen-bond acceptors (Lipinski definition) is 3. The van der Waals surface area contributed by atoms with Gasteiger partial charge in [0.25, 0.3) is 0 Å². The minimum absolute atomic E-state index is 0.00973. The van der Waals surface area contributed by atoms with Crippen molar-refractivity contribution in [2.24, 2.45) is 0 Å². The third-order valence-corrected chi connectivity index (χ3v) is 5.33. The molecule has 1 aromatic rings. The van der Waals surface area contributed by atoms with Gasteiger partial charge in [-0.2, -0.15) is 0 Å².